The largest absolute Gasteiger partial charge is 0.369 e. The first-order chi connectivity index (χ1) is 15.3. The fraction of sp³-hybridized carbons (Fsp3) is 0.174. The number of hydrogen-bond donors (Lipinski definition) is 1. The van der Waals surface area contributed by atoms with Gasteiger partial charge in [0.25, 0.3) is 5.91 Å². The Labute approximate surface area is 197 Å². The molecular formula is C23H21Cl2N3O3S. The van der Waals surface area contributed by atoms with Crippen molar-refractivity contribution in [2.75, 3.05) is 36.4 Å². The van der Waals surface area contributed by atoms with Crippen LogP contribution >= 0.6 is 23.2 Å². The van der Waals surface area contributed by atoms with Crippen molar-refractivity contribution in [2.24, 2.45) is 0 Å². The summed E-state index contributed by atoms with van der Waals surface area (Å²) in [5, 5.41) is 3.44. The molecule has 9 heteroatoms. The first-order valence-corrected chi connectivity index (χ1v) is 12.2. The zero-order chi connectivity index (χ0) is 22.7. The third-order valence-corrected chi connectivity index (χ3v) is 7.73. The van der Waals surface area contributed by atoms with E-state index in [1.807, 2.05) is 30.3 Å². The number of nitrogens with one attached hydrogen (secondary N) is 1. The van der Waals surface area contributed by atoms with Crippen LogP contribution in [-0.2, 0) is 10.0 Å². The second-order valence-corrected chi connectivity index (χ2v) is 10.1. The van der Waals surface area contributed by atoms with Gasteiger partial charge in [-0.05, 0) is 48.5 Å². The van der Waals surface area contributed by atoms with Gasteiger partial charge in [-0.1, -0.05) is 47.5 Å². The van der Waals surface area contributed by atoms with E-state index in [0.717, 1.165) is 5.69 Å². The van der Waals surface area contributed by atoms with Gasteiger partial charge < -0.3 is 10.2 Å². The smallest absolute Gasteiger partial charge is 0.255 e. The molecule has 0 unspecified atom stereocenters. The highest BCUT2D eigenvalue weighted by Gasteiger charge is 2.29. The molecule has 6 nitrogen and oxygen atoms in total. The Hall–Kier alpha value is -2.58. The molecule has 0 radical (unpaired) electrons. The number of rotatable bonds is 5. The van der Waals surface area contributed by atoms with Crippen molar-refractivity contribution >= 4 is 50.5 Å². The Morgan fingerprint density at radius 2 is 1.56 bits per heavy atom. The molecule has 4 rings (SSSR count). The lowest BCUT2D eigenvalue weighted by Gasteiger charge is -2.35. The van der Waals surface area contributed by atoms with Crippen molar-refractivity contribution < 1.29 is 13.2 Å². The molecule has 1 saturated heterocycles. The van der Waals surface area contributed by atoms with Gasteiger partial charge in [0, 0.05) is 42.5 Å². The molecule has 0 saturated carbocycles. The number of sulfonamides is 1. The van der Waals surface area contributed by atoms with Gasteiger partial charge in [-0.2, -0.15) is 4.31 Å². The molecule has 1 fully saturated rings. The number of piperazine rings is 1. The van der Waals surface area contributed by atoms with Crippen LogP contribution in [0.3, 0.4) is 0 Å². The minimum Gasteiger partial charge on any atom is -0.369 e. The Morgan fingerprint density at radius 3 is 2.28 bits per heavy atom. The zero-order valence-electron chi connectivity index (χ0n) is 17.0. The van der Waals surface area contributed by atoms with E-state index in [4.69, 9.17) is 23.2 Å². The maximum atomic E-state index is 13.2. The third-order valence-electron chi connectivity index (χ3n) is 5.27. The number of carbonyl (C=O) groups is 1. The Morgan fingerprint density at radius 1 is 0.844 bits per heavy atom. The SMILES string of the molecule is O=C(Nc1cc(Cl)ccc1Cl)c1cccc(S(=O)(=O)N2CCN(c3ccccc3)CC2)c1. The number of halogens is 2. The van der Waals surface area contributed by atoms with Crippen LogP contribution in [0.4, 0.5) is 11.4 Å². The fourth-order valence-electron chi connectivity index (χ4n) is 3.56. The topological polar surface area (TPSA) is 69.7 Å². The average molecular weight is 490 g/mol. The first-order valence-electron chi connectivity index (χ1n) is 10.0. The average Bonchev–Trinajstić information content (AvgIpc) is 2.82. The van der Waals surface area contributed by atoms with E-state index < -0.39 is 15.9 Å². The number of amides is 1. The van der Waals surface area contributed by atoms with Gasteiger partial charge in [-0.15, -0.1) is 0 Å². The Kier molecular flexibility index (Phi) is 6.71. The summed E-state index contributed by atoms with van der Waals surface area (Å²) in [5.74, 6) is -0.472. The van der Waals surface area contributed by atoms with E-state index in [0.29, 0.717) is 41.9 Å². The van der Waals surface area contributed by atoms with E-state index in [9.17, 15) is 13.2 Å². The highest BCUT2D eigenvalue weighted by Crippen LogP contribution is 2.27. The van der Waals surface area contributed by atoms with Crippen LogP contribution in [0.5, 0.6) is 0 Å². The molecule has 0 atom stereocenters. The maximum absolute atomic E-state index is 13.2. The van der Waals surface area contributed by atoms with Gasteiger partial charge in [0.2, 0.25) is 10.0 Å². The number of para-hydroxylation sites is 1. The lowest BCUT2D eigenvalue weighted by molar-refractivity contribution is 0.102. The van der Waals surface area contributed by atoms with Crippen molar-refractivity contribution in [3.05, 3.63) is 88.4 Å². The summed E-state index contributed by atoms with van der Waals surface area (Å²) in [5.41, 5.74) is 1.64. The van der Waals surface area contributed by atoms with Crippen LogP contribution in [0, 0.1) is 0 Å². The van der Waals surface area contributed by atoms with E-state index in [2.05, 4.69) is 10.2 Å². The summed E-state index contributed by atoms with van der Waals surface area (Å²) >= 11 is 12.1. The molecule has 0 bridgehead atoms. The Bertz CT molecular complexity index is 1230. The van der Waals surface area contributed by atoms with Crippen LogP contribution in [0.2, 0.25) is 10.0 Å². The van der Waals surface area contributed by atoms with Crippen molar-refractivity contribution in [3.63, 3.8) is 0 Å². The molecule has 3 aromatic rings. The molecule has 1 N–H and O–H groups in total. The van der Waals surface area contributed by atoms with Gasteiger partial charge >= 0.3 is 0 Å². The van der Waals surface area contributed by atoms with Gasteiger partial charge in [0.1, 0.15) is 0 Å². The van der Waals surface area contributed by atoms with E-state index >= 15 is 0 Å². The minimum atomic E-state index is -3.73. The molecule has 1 aliphatic rings. The number of carbonyl (C=O) groups excluding carboxylic acids is 1. The number of anilines is 2. The molecule has 3 aromatic carbocycles. The van der Waals surface area contributed by atoms with Crippen molar-refractivity contribution in [1.82, 2.24) is 4.31 Å². The van der Waals surface area contributed by atoms with E-state index in [-0.39, 0.29) is 10.5 Å². The highest BCUT2D eigenvalue weighted by atomic mass is 35.5. The second-order valence-electron chi connectivity index (χ2n) is 7.33. The first kappa shape index (κ1) is 22.6. The summed E-state index contributed by atoms with van der Waals surface area (Å²) < 4.78 is 27.9. The molecule has 1 amide bonds. The van der Waals surface area contributed by atoms with Gasteiger partial charge in [0.05, 0.1) is 15.6 Å². The molecule has 1 aliphatic heterocycles. The lowest BCUT2D eigenvalue weighted by atomic mass is 10.2. The minimum absolute atomic E-state index is 0.0792. The summed E-state index contributed by atoms with van der Waals surface area (Å²) in [6.07, 6.45) is 0. The zero-order valence-corrected chi connectivity index (χ0v) is 19.4. The molecule has 32 heavy (non-hydrogen) atoms. The summed E-state index contributed by atoms with van der Waals surface area (Å²) in [6, 6.07) is 20.6. The predicted molar refractivity (Wildman–Crippen MR) is 128 cm³/mol. The quantitative estimate of drug-likeness (QED) is 0.560. The standard InChI is InChI=1S/C23H21Cl2N3O3S/c24-18-9-10-21(25)22(16-18)26-23(29)17-5-4-8-20(15-17)32(30,31)28-13-11-27(12-14-28)19-6-2-1-3-7-19/h1-10,15-16H,11-14H2,(H,26,29). The monoisotopic (exact) mass is 489 g/mol. The number of hydrogen-bond acceptors (Lipinski definition) is 4. The summed E-state index contributed by atoms with van der Waals surface area (Å²) in [6.45, 7) is 1.92. The van der Waals surface area contributed by atoms with E-state index in [1.165, 1.54) is 22.5 Å². The predicted octanol–water partition coefficient (Wildman–Crippen LogP) is 4.76. The molecular weight excluding hydrogens is 469 g/mol. The fourth-order valence-corrected chi connectivity index (χ4v) is 5.37. The van der Waals surface area contributed by atoms with Crippen LogP contribution < -0.4 is 10.2 Å². The van der Waals surface area contributed by atoms with E-state index in [1.54, 1.807) is 24.3 Å². The molecule has 1 heterocycles. The van der Waals surface area contributed by atoms with Crippen molar-refractivity contribution in [1.29, 1.82) is 0 Å². The molecule has 166 valence electrons. The normalized spacial score (nSPS) is 14.9. The molecule has 0 aliphatic carbocycles. The Balaban J connectivity index is 1.48. The second kappa shape index (κ2) is 9.50. The van der Waals surface area contributed by atoms with Gasteiger partial charge in [-0.3, -0.25) is 4.79 Å². The summed E-state index contributed by atoms with van der Waals surface area (Å²) in [7, 11) is -3.73. The highest BCUT2D eigenvalue weighted by molar-refractivity contribution is 7.89. The maximum Gasteiger partial charge on any atom is 0.255 e. The lowest BCUT2D eigenvalue weighted by Crippen LogP contribution is -2.48. The van der Waals surface area contributed by atoms with Gasteiger partial charge in [0.15, 0.2) is 0 Å². The third kappa shape index (κ3) is 4.91. The number of benzene rings is 3. The molecule has 0 aromatic heterocycles. The van der Waals surface area contributed by atoms with Crippen LogP contribution in [0.15, 0.2) is 77.7 Å². The molecule has 0 spiro atoms. The van der Waals surface area contributed by atoms with Crippen LogP contribution in [0.25, 0.3) is 0 Å². The number of nitrogens with zero attached hydrogens (tertiary/aromatic N) is 2. The summed E-state index contributed by atoms with van der Waals surface area (Å²) in [4.78, 5) is 14.9. The van der Waals surface area contributed by atoms with Crippen molar-refractivity contribution in [3.8, 4) is 0 Å². The van der Waals surface area contributed by atoms with Crippen LogP contribution in [-0.4, -0.2) is 44.8 Å². The van der Waals surface area contributed by atoms with Crippen molar-refractivity contribution in [2.45, 2.75) is 4.90 Å². The van der Waals surface area contributed by atoms with Gasteiger partial charge in [-0.25, -0.2) is 8.42 Å². The van der Waals surface area contributed by atoms with Crippen LogP contribution in [0.1, 0.15) is 10.4 Å².